The second kappa shape index (κ2) is 5.42. The molecule has 86 valence electrons. The van der Waals surface area contributed by atoms with E-state index >= 15 is 0 Å². The highest BCUT2D eigenvalue weighted by molar-refractivity contribution is 14.1. The first kappa shape index (κ1) is 12.3. The summed E-state index contributed by atoms with van der Waals surface area (Å²) in [4.78, 5) is 19.5. The highest BCUT2D eigenvalue weighted by Crippen LogP contribution is 2.12. The average Bonchev–Trinajstić information content (AvgIpc) is 2.32. The predicted octanol–water partition coefficient (Wildman–Crippen LogP) is 2.99. The number of benzene rings is 1. The number of nitrogens with zero attached hydrogens (tertiary/aromatic N) is 2. The average molecular weight is 360 g/mol. The molecule has 0 unspecified atom stereocenters. The lowest BCUT2D eigenvalue weighted by Crippen LogP contribution is -2.13. The predicted molar refractivity (Wildman–Crippen MR) is 74.2 cm³/mol. The van der Waals surface area contributed by atoms with Crippen LogP contribution < -0.4 is 5.32 Å². The molecule has 6 heteroatoms. The van der Waals surface area contributed by atoms with Crippen LogP contribution in [0.25, 0.3) is 0 Å². The van der Waals surface area contributed by atoms with Gasteiger partial charge in [-0.05, 0) is 46.9 Å². The fourth-order valence-corrected chi connectivity index (χ4v) is 1.69. The summed E-state index contributed by atoms with van der Waals surface area (Å²) in [5, 5.41) is 2.90. The van der Waals surface area contributed by atoms with E-state index in [2.05, 4.69) is 37.9 Å². The maximum absolute atomic E-state index is 11.8. The van der Waals surface area contributed by atoms with Gasteiger partial charge in [0.05, 0.1) is 12.4 Å². The van der Waals surface area contributed by atoms with E-state index in [0.717, 1.165) is 3.57 Å². The van der Waals surface area contributed by atoms with Gasteiger partial charge in [-0.25, -0.2) is 4.98 Å². The van der Waals surface area contributed by atoms with Gasteiger partial charge in [-0.15, -0.1) is 0 Å². The third-order valence-electron chi connectivity index (χ3n) is 1.94. The molecule has 2 rings (SSSR count). The van der Waals surface area contributed by atoms with E-state index in [1.165, 1.54) is 12.4 Å². The van der Waals surface area contributed by atoms with Gasteiger partial charge in [0, 0.05) is 9.26 Å². The molecule has 0 saturated carbocycles. The Hall–Kier alpha value is -1.21. The molecule has 1 N–H and O–H groups in total. The van der Waals surface area contributed by atoms with E-state index in [1.54, 1.807) is 0 Å². The van der Waals surface area contributed by atoms with Crippen molar-refractivity contribution in [2.45, 2.75) is 0 Å². The largest absolute Gasteiger partial charge is 0.321 e. The minimum Gasteiger partial charge on any atom is -0.321 e. The number of carbonyl (C=O) groups is 1. The van der Waals surface area contributed by atoms with Crippen molar-refractivity contribution >= 4 is 45.8 Å². The van der Waals surface area contributed by atoms with Gasteiger partial charge >= 0.3 is 0 Å². The Labute approximate surface area is 117 Å². The third kappa shape index (κ3) is 3.37. The van der Waals surface area contributed by atoms with E-state index in [-0.39, 0.29) is 16.8 Å². The van der Waals surface area contributed by atoms with Gasteiger partial charge in [0.25, 0.3) is 5.91 Å². The van der Waals surface area contributed by atoms with Crippen molar-refractivity contribution in [3.05, 3.63) is 51.1 Å². The molecule has 0 aliphatic heterocycles. The highest BCUT2D eigenvalue weighted by Gasteiger charge is 2.08. The molecule has 0 atom stereocenters. The zero-order valence-electron chi connectivity index (χ0n) is 8.52. The third-order valence-corrected chi connectivity index (χ3v) is 2.84. The van der Waals surface area contributed by atoms with E-state index < -0.39 is 0 Å². The molecule has 1 amide bonds. The van der Waals surface area contributed by atoms with Crippen molar-refractivity contribution in [3.8, 4) is 0 Å². The summed E-state index contributed by atoms with van der Waals surface area (Å²) in [5.74, 6) is -0.332. The van der Waals surface area contributed by atoms with Crippen LogP contribution in [0.4, 0.5) is 5.69 Å². The zero-order valence-corrected chi connectivity index (χ0v) is 11.4. The SMILES string of the molecule is O=C(Nc1ccc(I)cc1)c1cncc(Cl)n1. The Morgan fingerprint density at radius 3 is 2.59 bits per heavy atom. The van der Waals surface area contributed by atoms with Crippen LogP contribution in [0.1, 0.15) is 10.5 Å². The van der Waals surface area contributed by atoms with Crippen LogP contribution in [0.5, 0.6) is 0 Å². The first-order valence-electron chi connectivity index (χ1n) is 4.69. The van der Waals surface area contributed by atoms with Gasteiger partial charge in [0.15, 0.2) is 0 Å². The van der Waals surface area contributed by atoms with E-state index in [0.29, 0.717) is 5.69 Å². The lowest BCUT2D eigenvalue weighted by molar-refractivity contribution is 0.102. The quantitative estimate of drug-likeness (QED) is 0.839. The molecule has 0 fully saturated rings. The van der Waals surface area contributed by atoms with Gasteiger partial charge in [-0.1, -0.05) is 11.6 Å². The Morgan fingerprint density at radius 2 is 1.94 bits per heavy atom. The molecule has 0 aliphatic carbocycles. The van der Waals surface area contributed by atoms with Crippen LogP contribution >= 0.6 is 34.2 Å². The van der Waals surface area contributed by atoms with Crippen molar-refractivity contribution < 1.29 is 4.79 Å². The summed E-state index contributed by atoms with van der Waals surface area (Å²) in [6, 6.07) is 7.44. The highest BCUT2D eigenvalue weighted by atomic mass is 127. The second-order valence-electron chi connectivity index (χ2n) is 3.19. The van der Waals surface area contributed by atoms with Crippen LogP contribution in [0.2, 0.25) is 5.15 Å². The number of hydrogen-bond donors (Lipinski definition) is 1. The topological polar surface area (TPSA) is 54.9 Å². The van der Waals surface area contributed by atoms with Gasteiger partial charge < -0.3 is 5.32 Å². The molecule has 0 aliphatic rings. The number of nitrogens with one attached hydrogen (secondary N) is 1. The first-order chi connectivity index (χ1) is 8.15. The molecule has 4 nitrogen and oxygen atoms in total. The molecule has 1 heterocycles. The lowest BCUT2D eigenvalue weighted by Gasteiger charge is -2.04. The van der Waals surface area contributed by atoms with Crippen LogP contribution in [-0.2, 0) is 0 Å². The summed E-state index contributed by atoms with van der Waals surface area (Å²) < 4.78 is 1.10. The number of aromatic nitrogens is 2. The molecule has 2 aromatic rings. The number of halogens is 2. The number of carbonyl (C=O) groups excluding carboxylic acids is 1. The van der Waals surface area contributed by atoms with Crippen LogP contribution in [-0.4, -0.2) is 15.9 Å². The van der Waals surface area contributed by atoms with E-state index in [1.807, 2.05) is 24.3 Å². The van der Waals surface area contributed by atoms with Gasteiger partial charge in [-0.3, -0.25) is 9.78 Å². The lowest BCUT2D eigenvalue weighted by atomic mass is 10.3. The van der Waals surface area contributed by atoms with Crippen LogP contribution in [0.15, 0.2) is 36.7 Å². The Morgan fingerprint density at radius 1 is 1.24 bits per heavy atom. The van der Waals surface area contributed by atoms with E-state index in [4.69, 9.17) is 11.6 Å². The van der Waals surface area contributed by atoms with Crippen molar-refractivity contribution in [3.63, 3.8) is 0 Å². The van der Waals surface area contributed by atoms with Crippen molar-refractivity contribution in [2.24, 2.45) is 0 Å². The Kier molecular flexibility index (Phi) is 3.90. The minimum atomic E-state index is -0.332. The molecule has 0 saturated heterocycles. The smallest absolute Gasteiger partial charge is 0.275 e. The van der Waals surface area contributed by atoms with Crippen molar-refractivity contribution in [2.75, 3.05) is 5.32 Å². The first-order valence-corrected chi connectivity index (χ1v) is 6.15. The molecule has 0 radical (unpaired) electrons. The number of rotatable bonds is 2. The Bertz CT molecular complexity index is 545. The Balaban J connectivity index is 2.14. The van der Waals surface area contributed by atoms with Gasteiger partial charge in [0.1, 0.15) is 10.8 Å². The van der Waals surface area contributed by atoms with Crippen LogP contribution in [0, 0.1) is 3.57 Å². The fourth-order valence-electron chi connectivity index (χ4n) is 1.18. The van der Waals surface area contributed by atoms with Crippen LogP contribution in [0.3, 0.4) is 0 Å². The fraction of sp³-hybridized carbons (Fsp3) is 0. The summed E-state index contributed by atoms with van der Waals surface area (Å²) in [7, 11) is 0. The molecular weight excluding hydrogens is 352 g/mol. The summed E-state index contributed by atoms with van der Waals surface area (Å²) in [5.41, 5.74) is 0.897. The zero-order chi connectivity index (χ0) is 12.3. The monoisotopic (exact) mass is 359 g/mol. The maximum Gasteiger partial charge on any atom is 0.275 e. The minimum absolute atomic E-state index is 0.191. The summed E-state index contributed by atoms with van der Waals surface area (Å²) in [6.45, 7) is 0. The molecule has 0 spiro atoms. The molecular formula is C11H7ClIN3O. The number of anilines is 1. The summed E-state index contributed by atoms with van der Waals surface area (Å²) >= 11 is 7.85. The maximum atomic E-state index is 11.8. The standard InChI is InChI=1S/C11H7ClIN3O/c12-10-6-14-5-9(16-10)11(17)15-8-3-1-7(13)2-4-8/h1-6H,(H,15,17). The van der Waals surface area contributed by atoms with Crippen molar-refractivity contribution in [1.82, 2.24) is 9.97 Å². The van der Waals surface area contributed by atoms with Crippen molar-refractivity contribution in [1.29, 1.82) is 0 Å². The van der Waals surface area contributed by atoms with Gasteiger partial charge in [-0.2, -0.15) is 0 Å². The number of amides is 1. The molecule has 1 aromatic heterocycles. The molecule has 17 heavy (non-hydrogen) atoms. The van der Waals surface area contributed by atoms with Gasteiger partial charge in [0.2, 0.25) is 0 Å². The number of hydrogen-bond acceptors (Lipinski definition) is 3. The molecule has 0 bridgehead atoms. The van der Waals surface area contributed by atoms with E-state index in [9.17, 15) is 4.79 Å². The molecule has 1 aromatic carbocycles. The second-order valence-corrected chi connectivity index (χ2v) is 4.82. The summed E-state index contributed by atoms with van der Waals surface area (Å²) in [6.07, 6.45) is 2.75. The normalized spacial score (nSPS) is 10.0.